The number of nitrogens with zero attached hydrogens (tertiary/aromatic N) is 2. The monoisotopic (exact) mass is 946 g/mol. The van der Waals surface area contributed by atoms with Crippen LogP contribution in [0.25, 0.3) is 0 Å². The van der Waals surface area contributed by atoms with Crippen LogP contribution in [0.1, 0.15) is 183 Å². The van der Waals surface area contributed by atoms with Crippen molar-refractivity contribution in [3.63, 3.8) is 0 Å². The number of benzene rings is 1. The van der Waals surface area contributed by atoms with E-state index in [0.29, 0.717) is 95.8 Å². The lowest BCUT2D eigenvalue weighted by molar-refractivity contribution is -0.283. The highest BCUT2D eigenvalue weighted by Crippen LogP contribution is 2.89. The molecule has 1 aromatic carbocycles. The van der Waals surface area contributed by atoms with E-state index in [2.05, 4.69) is 41.0 Å². The fourth-order valence-corrected chi connectivity index (χ4v) is 22.9. The third kappa shape index (κ3) is 5.05. The van der Waals surface area contributed by atoms with Gasteiger partial charge in [0.15, 0.2) is 11.4 Å². The van der Waals surface area contributed by atoms with Crippen molar-refractivity contribution in [1.29, 1.82) is 0 Å². The standard InChI is InChI=1S/C62H79N3O5/c1-35-25-40-15-16-47-43-26-36-32-64(34-43)48(41-12-7-21-58(30-41)19-4-5-20-58)29-49(66)55-60-23-18-44-52-45-31-59(35,53(44)54(40)65(47)33-36)22-17-39(45)27-42(37-9-2-3-10-37)28-50(61(52,60)57(68)69-55)62(60)46-14-6-11-38(13-8-24-63)51(46)56(67)70-62/h6,11,14,27,35-37,41-43,45,47-48,50,53,66H,2-5,7-10,12-13,15-26,28-34,63H2,1H3. The molecular formula is C62H79N3O5. The van der Waals surface area contributed by atoms with Crippen LogP contribution in [-0.2, 0) is 26.3 Å². The molecule has 14 bridgehead atoms. The Kier molecular flexibility index (Phi) is 9.04. The van der Waals surface area contributed by atoms with Crippen molar-refractivity contribution in [2.24, 2.45) is 80.7 Å². The molecule has 18 aliphatic rings. The molecule has 15 unspecified atom stereocenters. The minimum absolute atomic E-state index is 0.127. The highest BCUT2D eigenvalue weighted by molar-refractivity contribution is 6.00. The molecule has 19 rings (SSSR count). The summed E-state index contributed by atoms with van der Waals surface area (Å²) in [6.45, 7) is 6.54. The van der Waals surface area contributed by atoms with Crippen molar-refractivity contribution in [3.05, 3.63) is 80.5 Å². The average Bonchev–Trinajstić information content (AvgIpc) is 4.17. The number of piperidine rings is 2. The predicted octanol–water partition coefficient (Wildman–Crippen LogP) is 11.7. The molecule has 372 valence electrons. The molecule has 8 fully saturated rings. The van der Waals surface area contributed by atoms with Gasteiger partial charge in [0.25, 0.3) is 0 Å². The molecule has 3 saturated heterocycles. The van der Waals surface area contributed by atoms with Gasteiger partial charge in [-0.1, -0.05) is 80.0 Å². The average molecular weight is 946 g/mol. The minimum atomic E-state index is -1.12. The molecule has 0 radical (unpaired) electrons. The van der Waals surface area contributed by atoms with Gasteiger partial charge in [0, 0.05) is 67.2 Å². The van der Waals surface area contributed by atoms with E-state index >= 15 is 9.59 Å². The summed E-state index contributed by atoms with van der Waals surface area (Å²) in [4.78, 5) is 37.9. The van der Waals surface area contributed by atoms with Gasteiger partial charge in [0.1, 0.15) is 11.2 Å². The quantitative estimate of drug-likeness (QED) is 0.222. The number of aryl methyl sites for hydroxylation is 1. The Balaban J connectivity index is 0.987. The number of fused-ring (bicyclic) bond motifs is 3. The van der Waals surface area contributed by atoms with Gasteiger partial charge in [-0.15, -0.1) is 0 Å². The normalized spacial score (nSPS) is 46.6. The van der Waals surface area contributed by atoms with Gasteiger partial charge < -0.3 is 25.2 Å². The summed E-state index contributed by atoms with van der Waals surface area (Å²) in [5.41, 5.74) is 14.3. The molecular weight excluding hydrogens is 867 g/mol. The number of hydrogen-bond donors (Lipinski definition) is 2. The molecule has 1 aromatic rings. The number of aliphatic hydroxyl groups is 1. The van der Waals surface area contributed by atoms with Gasteiger partial charge in [0.05, 0.1) is 11.0 Å². The maximum absolute atomic E-state index is 16.6. The number of hydrogen-bond acceptors (Lipinski definition) is 8. The third-order valence-corrected chi connectivity index (χ3v) is 25.1. The fraction of sp³-hybridized carbons (Fsp3) is 0.742. The zero-order valence-corrected chi connectivity index (χ0v) is 42.2. The first-order valence-electron chi connectivity index (χ1n) is 29.5. The van der Waals surface area contributed by atoms with Crippen LogP contribution in [0.5, 0.6) is 0 Å². The van der Waals surface area contributed by atoms with Crippen LogP contribution in [-0.4, -0.2) is 65.1 Å². The van der Waals surface area contributed by atoms with Gasteiger partial charge in [-0.2, -0.15) is 0 Å². The number of nitrogens with two attached hydrogens (primary N) is 1. The Morgan fingerprint density at radius 3 is 2.54 bits per heavy atom. The molecule has 5 saturated carbocycles. The first-order valence-corrected chi connectivity index (χ1v) is 29.5. The van der Waals surface area contributed by atoms with Crippen LogP contribution in [0, 0.1) is 74.9 Å². The Bertz CT molecular complexity index is 2630. The molecule has 9 aliphatic carbocycles. The Hall–Kier alpha value is -3.36. The molecule has 0 aromatic heterocycles. The van der Waals surface area contributed by atoms with E-state index in [0.717, 1.165) is 62.9 Å². The molecule has 3 N–H and O–H groups in total. The first kappa shape index (κ1) is 43.1. The van der Waals surface area contributed by atoms with E-state index < -0.39 is 16.4 Å². The van der Waals surface area contributed by atoms with Gasteiger partial charge in [-0.3, -0.25) is 9.69 Å². The first-order chi connectivity index (χ1) is 34.1. The SMILES string of the molecule is CC1CC2=C3C4C5=C6C7CC14CCC7=CC(C1CCCC1)CC1C64C(=O)OC(=C(O)CC(C6CCCC7(CCCC7)C6)N6CC7CC(C6)C(CC2)N3C7)C4(CC5)C12OC(=O)c1c(CCCN)cccc12. The lowest BCUT2D eigenvalue weighted by atomic mass is 9.26. The molecule has 70 heavy (non-hydrogen) atoms. The molecule has 0 amide bonds. The number of carbonyl (C=O) groups is 2. The number of rotatable bonds is 5. The van der Waals surface area contributed by atoms with Gasteiger partial charge >= 0.3 is 11.9 Å². The van der Waals surface area contributed by atoms with Crippen molar-refractivity contribution >= 4 is 11.9 Å². The van der Waals surface area contributed by atoms with Crippen LogP contribution >= 0.6 is 0 Å². The largest absolute Gasteiger partial charge is 0.509 e. The van der Waals surface area contributed by atoms with E-state index in [9.17, 15) is 5.11 Å². The molecule has 8 nitrogen and oxygen atoms in total. The maximum Gasteiger partial charge on any atom is 0.339 e. The highest BCUT2D eigenvalue weighted by Gasteiger charge is 2.94. The van der Waals surface area contributed by atoms with Gasteiger partial charge in [-0.05, 0) is 186 Å². The number of allylic oxidation sites excluding steroid dienone is 4. The second-order valence-corrected chi connectivity index (χ2v) is 27.3. The summed E-state index contributed by atoms with van der Waals surface area (Å²) >= 11 is 0. The fourth-order valence-electron chi connectivity index (χ4n) is 22.9. The van der Waals surface area contributed by atoms with E-state index in [4.69, 9.17) is 15.2 Å². The minimum Gasteiger partial charge on any atom is -0.509 e. The zero-order chi connectivity index (χ0) is 46.7. The second kappa shape index (κ2) is 14.7. The van der Waals surface area contributed by atoms with E-state index in [1.54, 1.807) is 22.4 Å². The smallest absolute Gasteiger partial charge is 0.339 e. The summed E-state index contributed by atoms with van der Waals surface area (Å²) in [6.07, 6.45) is 31.1. The lowest BCUT2D eigenvalue weighted by Gasteiger charge is -2.74. The topological polar surface area (TPSA) is 105 Å². The Labute approximate surface area is 416 Å². The van der Waals surface area contributed by atoms with Crippen LogP contribution < -0.4 is 5.73 Å². The van der Waals surface area contributed by atoms with Crippen LogP contribution in [0.15, 0.2) is 63.8 Å². The van der Waals surface area contributed by atoms with E-state index in [1.165, 1.54) is 115 Å². The summed E-state index contributed by atoms with van der Waals surface area (Å²) in [7, 11) is 0. The predicted molar refractivity (Wildman–Crippen MR) is 268 cm³/mol. The highest BCUT2D eigenvalue weighted by atomic mass is 16.6. The maximum atomic E-state index is 16.6. The Morgan fingerprint density at radius 1 is 0.843 bits per heavy atom. The van der Waals surface area contributed by atoms with Crippen molar-refractivity contribution in [2.75, 3.05) is 26.2 Å². The number of aliphatic hydroxyl groups excluding tert-OH is 1. The summed E-state index contributed by atoms with van der Waals surface area (Å²) in [6, 6.07) is 7.22. The summed E-state index contributed by atoms with van der Waals surface area (Å²) < 4.78 is 14.7. The van der Waals surface area contributed by atoms with E-state index in [1.807, 2.05) is 0 Å². The summed E-state index contributed by atoms with van der Waals surface area (Å²) in [5, 5.41) is 13.8. The number of carbonyl (C=O) groups excluding carboxylic acids is 2. The Morgan fingerprint density at radius 2 is 1.69 bits per heavy atom. The van der Waals surface area contributed by atoms with Gasteiger partial charge in [-0.25, -0.2) is 4.79 Å². The van der Waals surface area contributed by atoms with Crippen LogP contribution in [0.3, 0.4) is 0 Å². The summed E-state index contributed by atoms with van der Waals surface area (Å²) in [5.74, 6) is 3.80. The van der Waals surface area contributed by atoms with Crippen molar-refractivity contribution < 1.29 is 24.2 Å². The van der Waals surface area contributed by atoms with Crippen LogP contribution in [0.4, 0.5) is 0 Å². The molecule has 15 atom stereocenters. The number of ether oxygens (including phenoxy) is 2. The lowest BCUT2D eigenvalue weighted by Crippen LogP contribution is -2.78. The number of esters is 2. The van der Waals surface area contributed by atoms with Crippen LogP contribution in [0.2, 0.25) is 0 Å². The van der Waals surface area contributed by atoms with Crippen molar-refractivity contribution in [2.45, 2.75) is 185 Å². The zero-order valence-electron chi connectivity index (χ0n) is 42.2. The van der Waals surface area contributed by atoms with E-state index in [-0.39, 0.29) is 35.2 Å². The molecule has 8 heteroatoms. The second-order valence-electron chi connectivity index (χ2n) is 27.3. The van der Waals surface area contributed by atoms with Crippen molar-refractivity contribution in [3.8, 4) is 0 Å². The molecule has 9 heterocycles. The molecule has 5 spiro atoms. The van der Waals surface area contributed by atoms with Crippen molar-refractivity contribution in [1.82, 2.24) is 9.80 Å². The van der Waals surface area contributed by atoms with Gasteiger partial charge in [0.2, 0.25) is 0 Å². The molecule has 9 aliphatic heterocycles. The third-order valence-electron chi connectivity index (χ3n) is 25.1.